The largest absolute Gasteiger partial charge is 0.421 e. The van der Waals surface area contributed by atoms with Gasteiger partial charge < -0.3 is 10.1 Å². The Morgan fingerprint density at radius 1 is 1.42 bits per heavy atom. The summed E-state index contributed by atoms with van der Waals surface area (Å²) in [6, 6.07) is 5.84. The van der Waals surface area contributed by atoms with E-state index in [1.54, 1.807) is 10.9 Å². The lowest BCUT2D eigenvalue weighted by molar-refractivity contribution is 0.408. The number of pyridine rings is 1. The van der Waals surface area contributed by atoms with Crippen LogP contribution in [0.25, 0.3) is 0 Å². The number of rotatable bonds is 6. The molecular formula is C14H20N4O. The van der Waals surface area contributed by atoms with E-state index in [-0.39, 0.29) is 0 Å². The van der Waals surface area contributed by atoms with Gasteiger partial charge in [-0.2, -0.15) is 5.10 Å². The van der Waals surface area contributed by atoms with E-state index >= 15 is 0 Å². The van der Waals surface area contributed by atoms with E-state index in [0.29, 0.717) is 11.8 Å². The van der Waals surface area contributed by atoms with Gasteiger partial charge in [0.25, 0.3) is 0 Å². The molecule has 102 valence electrons. The lowest BCUT2D eigenvalue weighted by Gasteiger charge is -2.10. The highest BCUT2D eigenvalue weighted by molar-refractivity contribution is 5.29. The first-order valence-electron chi connectivity index (χ1n) is 6.53. The predicted octanol–water partition coefficient (Wildman–Crippen LogP) is 2.42. The van der Waals surface area contributed by atoms with Crippen LogP contribution in [0, 0.1) is 6.92 Å². The maximum absolute atomic E-state index is 5.84. The first-order valence-corrected chi connectivity index (χ1v) is 6.53. The number of hydrogen-bond donors (Lipinski definition) is 1. The molecule has 0 bridgehead atoms. The molecule has 2 aromatic rings. The highest BCUT2D eigenvalue weighted by Crippen LogP contribution is 2.22. The molecule has 2 heterocycles. The van der Waals surface area contributed by atoms with Crippen molar-refractivity contribution in [2.45, 2.75) is 26.8 Å². The summed E-state index contributed by atoms with van der Waals surface area (Å²) in [5.74, 6) is 1.34. The van der Waals surface area contributed by atoms with Gasteiger partial charge in [-0.15, -0.1) is 0 Å². The van der Waals surface area contributed by atoms with Crippen LogP contribution in [0.2, 0.25) is 0 Å². The highest BCUT2D eigenvalue weighted by Gasteiger charge is 2.09. The van der Waals surface area contributed by atoms with Crippen LogP contribution in [-0.2, 0) is 13.6 Å². The molecule has 0 aliphatic carbocycles. The van der Waals surface area contributed by atoms with Crippen molar-refractivity contribution in [3.05, 3.63) is 35.7 Å². The zero-order chi connectivity index (χ0) is 13.7. The summed E-state index contributed by atoms with van der Waals surface area (Å²) in [7, 11) is 1.86. The van der Waals surface area contributed by atoms with Gasteiger partial charge >= 0.3 is 0 Å². The standard InChI is InChI=1S/C14H20N4O/c1-4-7-15-10-12-6-5-8-16-14(12)19-13-9-11(2)17-18(13)3/h5-6,8-9,15H,4,7,10H2,1-3H3. The Morgan fingerprint density at radius 2 is 2.26 bits per heavy atom. The first kappa shape index (κ1) is 13.5. The lowest BCUT2D eigenvalue weighted by Crippen LogP contribution is -2.14. The van der Waals surface area contributed by atoms with Crippen molar-refractivity contribution in [2.75, 3.05) is 6.54 Å². The quantitative estimate of drug-likeness (QED) is 0.810. The van der Waals surface area contributed by atoms with E-state index in [0.717, 1.165) is 30.8 Å². The van der Waals surface area contributed by atoms with Crippen LogP contribution in [0.15, 0.2) is 24.4 Å². The minimum Gasteiger partial charge on any atom is -0.421 e. The fourth-order valence-electron chi connectivity index (χ4n) is 1.83. The molecule has 1 N–H and O–H groups in total. The van der Waals surface area contributed by atoms with Crippen LogP contribution in [-0.4, -0.2) is 21.3 Å². The molecule has 2 rings (SSSR count). The summed E-state index contributed by atoms with van der Waals surface area (Å²) < 4.78 is 7.56. The molecule has 0 atom stereocenters. The van der Waals surface area contributed by atoms with Crippen LogP contribution in [0.5, 0.6) is 11.8 Å². The second kappa shape index (κ2) is 6.33. The molecule has 19 heavy (non-hydrogen) atoms. The zero-order valence-corrected chi connectivity index (χ0v) is 11.7. The fraction of sp³-hybridized carbons (Fsp3) is 0.429. The van der Waals surface area contributed by atoms with E-state index in [9.17, 15) is 0 Å². The van der Waals surface area contributed by atoms with Crippen LogP contribution < -0.4 is 10.1 Å². The van der Waals surface area contributed by atoms with E-state index in [2.05, 4.69) is 22.3 Å². The number of nitrogens with one attached hydrogen (secondary N) is 1. The maximum atomic E-state index is 5.84. The van der Waals surface area contributed by atoms with Gasteiger partial charge in [-0.05, 0) is 26.0 Å². The molecule has 0 saturated carbocycles. The average molecular weight is 260 g/mol. The summed E-state index contributed by atoms with van der Waals surface area (Å²) >= 11 is 0. The minimum absolute atomic E-state index is 0.633. The van der Waals surface area contributed by atoms with Crippen LogP contribution in [0.1, 0.15) is 24.6 Å². The third-order valence-electron chi connectivity index (χ3n) is 2.75. The van der Waals surface area contributed by atoms with Crippen molar-refractivity contribution in [1.82, 2.24) is 20.1 Å². The lowest BCUT2D eigenvalue weighted by atomic mass is 10.2. The van der Waals surface area contributed by atoms with Gasteiger partial charge in [-0.3, -0.25) is 0 Å². The van der Waals surface area contributed by atoms with Crippen molar-refractivity contribution in [3.63, 3.8) is 0 Å². The van der Waals surface area contributed by atoms with E-state index in [1.807, 2.05) is 32.2 Å². The van der Waals surface area contributed by atoms with Crippen molar-refractivity contribution in [2.24, 2.45) is 7.05 Å². The van der Waals surface area contributed by atoms with Crippen LogP contribution in [0.4, 0.5) is 0 Å². The Labute approximate surface area is 113 Å². The summed E-state index contributed by atoms with van der Waals surface area (Å²) in [4.78, 5) is 4.30. The second-order valence-corrected chi connectivity index (χ2v) is 4.49. The molecule has 0 aliphatic heterocycles. The summed E-state index contributed by atoms with van der Waals surface area (Å²) in [6.07, 6.45) is 2.85. The monoisotopic (exact) mass is 260 g/mol. The normalized spacial score (nSPS) is 10.7. The zero-order valence-electron chi connectivity index (χ0n) is 11.7. The Bertz CT molecular complexity index is 536. The highest BCUT2D eigenvalue weighted by atomic mass is 16.5. The van der Waals surface area contributed by atoms with Gasteiger partial charge in [-0.25, -0.2) is 9.67 Å². The second-order valence-electron chi connectivity index (χ2n) is 4.49. The van der Waals surface area contributed by atoms with Crippen LogP contribution >= 0.6 is 0 Å². The van der Waals surface area contributed by atoms with E-state index in [4.69, 9.17) is 4.74 Å². The third-order valence-corrected chi connectivity index (χ3v) is 2.75. The van der Waals surface area contributed by atoms with Gasteiger partial charge in [0.2, 0.25) is 11.8 Å². The first-order chi connectivity index (χ1) is 9.20. The van der Waals surface area contributed by atoms with Crippen molar-refractivity contribution >= 4 is 0 Å². The molecule has 0 amide bonds. The third kappa shape index (κ3) is 3.54. The molecule has 0 radical (unpaired) electrons. The molecule has 0 saturated heterocycles. The van der Waals surface area contributed by atoms with E-state index in [1.165, 1.54) is 0 Å². The Balaban J connectivity index is 2.13. The molecule has 2 aromatic heterocycles. The van der Waals surface area contributed by atoms with Crippen molar-refractivity contribution in [3.8, 4) is 11.8 Å². The summed E-state index contributed by atoms with van der Waals surface area (Å²) in [5, 5.41) is 7.62. The van der Waals surface area contributed by atoms with Gasteiger partial charge in [0.05, 0.1) is 5.69 Å². The fourth-order valence-corrected chi connectivity index (χ4v) is 1.83. The van der Waals surface area contributed by atoms with E-state index < -0.39 is 0 Å². The molecule has 0 aromatic carbocycles. The predicted molar refractivity (Wildman–Crippen MR) is 74.3 cm³/mol. The Kier molecular flexibility index (Phi) is 4.52. The summed E-state index contributed by atoms with van der Waals surface area (Å²) in [5.41, 5.74) is 1.98. The topological polar surface area (TPSA) is 52.0 Å². The molecule has 5 heteroatoms. The van der Waals surface area contributed by atoms with Gasteiger partial charge in [0, 0.05) is 31.4 Å². The molecule has 0 fully saturated rings. The summed E-state index contributed by atoms with van der Waals surface area (Å²) in [6.45, 7) is 5.83. The molecule has 0 unspecified atom stereocenters. The number of hydrogen-bond acceptors (Lipinski definition) is 4. The minimum atomic E-state index is 0.633. The van der Waals surface area contributed by atoms with Crippen LogP contribution in [0.3, 0.4) is 0 Å². The van der Waals surface area contributed by atoms with Gasteiger partial charge in [0.15, 0.2) is 0 Å². The number of aromatic nitrogens is 3. The molecule has 0 spiro atoms. The van der Waals surface area contributed by atoms with Gasteiger partial charge in [-0.1, -0.05) is 13.0 Å². The maximum Gasteiger partial charge on any atom is 0.225 e. The SMILES string of the molecule is CCCNCc1cccnc1Oc1cc(C)nn1C. The van der Waals surface area contributed by atoms with Crippen molar-refractivity contribution in [1.29, 1.82) is 0 Å². The number of nitrogens with zero attached hydrogens (tertiary/aromatic N) is 3. The number of aryl methyl sites for hydroxylation is 2. The van der Waals surface area contributed by atoms with Crippen molar-refractivity contribution < 1.29 is 4.74 Å². The molecular weight excluding hydrogens is 240 g/mol. The molecule has 0 aliphatic rings. The molecule has 5 nitrogen and oxygen atoms in total. The Hall–Kier alpha value is -1.88. The van der Waals surface area contributed by atoms with Gasteiger partial charge in [0.1, 0.15) is 0 Å². The smallest absolute Gasteiger partial charge is 0.225 e. The average Bonchev–Trinajstić information content (AvgIpc) is 2.70. The number of ether oxygens (including phenoxy) is 1. The Morgan fingerprint density at radius 3 is 2.95 bits per heavy atom.